The molecule has 0 amide bonds. The molecule has 2 aliphatic carbocycles. The molecule has 1 heterocycles. The van der Waals surface area contributed by atoms with Crippen molar-refractivity contribution < 1.29 is 4.74 Å². The molecule has 56 valence electrons. The maximum absolute atomic E-state index is 5.46. The number of hydrogen-bond acceptors (Lipinski definition) is 1. The lowest BCUT2D eigenvalue weighted by molar-refractivity contribution is 0.188. The molecule has 3 aliphatic rings. The second-order valence-electron chi connectivity index (χ2n) is 4.47. The first-order valence-corrected chi connectivity index (χ1v) is 4.47. The third kappa shape index (κ3) is 0.672. The van der Waals surface area contributed by atoms with E-state index in [4.69, 9.17) is 4.74 Å². The van der Waals surface area contributed by atoms with E-state index in [1.807, 2.05) is 0 Å². The normalized spacial score (nSPS) is 38.4. The van der Waals surface area contributed by atoms with Gasteiger partial charge < -0.3 is 4.74 Å². The molecule has 0 radical (unpaired) electrons. The molecule has 0 atom stereocenters. The van der Waals surface area contributed by atoms with Gasteiger partial charge in [-0.1, -0.05) is 0 Å². The summed E-state index contributed by atoms with van der Waals surface area (Å²) in [4.78, 5) is 0. The lowest BCUT2D eigenvalue weighted by Gasteiger charge is -2.25. The van der Waals surface area contributed by atoms with Gasteiger partial charge in [0.2, 0.25) is 0 Å². The van der Waals surface area contributed by atoms with Crippen LogP contribution in [-0.2, 0) is 4.74 Å². The van der Waals surface area contributed by atoms with Gasteiger partial charge in [-0.3, -0.25) is 0 Å². The van der Waals surface area contributed by atoms with Crippen molar-refractivity contribution in [2.24, 2.45) is 5.41 Å². The summed E-state index contributed by atoms with van der Waals surface area (Å²) >= 11 is 0. The van der Waals surface area contributed by atoms with E-state index in [1.54, 1.807) is 0 Å². The quantitative estimate of drug-likeness (QED) is 0.467. The predicted octanol–water partition coefficient (Wildman–Crippen LogP) is 2.11. The van der Waals surface area contributed by atoms with Gasteiger partial charge in [-0.2, -0.15) is 0 Å². The van der Waals surface area contributed by atoms with Gasteiger partial charge in [0.05, 0.1) is 12.2 Å². The maximum atomic E-state index is 5.46. The minimum Gasteiger partial charge on any atom is -0.370 e. The Labute approximate surface area is 61.8 Å². The van der Waals surface area contributed by atoms with Crippen molar-refractivity contribution in [3.8, 4) is 0 Å². The molecule has 2 saturated carbocycles. The molecule has 3 fully saturated rings. The first kappa shape index (κ1) is 5.59. The van der Waals surface area contributed by atoms with Crippen LogP contribution in [0.25, 0.3) is 0 Å². The van der Waals surface area contributed by atoms with Crippen LogP contribution >= 0.6 is 0 Å². The van der Waals surface area contributed by atoms with Gasteiger partial charge in [0, 0.05) is 0 Å². The Hall–Kier alpha value is -0.0400. The second-order valence-corrected chi connectivity index (χ2v) is 4.47. The highest BCUT2D eigenvalue weighted by atomic mass is 16.6. The average Bonchev–Trinajstić information content (AvgIpc) is 2.75. The van der Waals surface area contributed by atoms with Crippen molar-refractivity contribution in [3.63, 3.8) is 0 Å². The van der Waals surface area contributed by atoms with E-state index in [9.17, 15) is 0 Å². The standard InChI is InChI=1S/C9H14O/c1-2-8(1)3-5-9(6-4-8)7-10-9/h1-7H2. The Balaban J connectivity index is 1.72. The van der Waals surface area contributed by atoms with Gasteiger partial charge in [-0.15, -0.1) is 0 Å². The molecule has 2 spiro atoms. The molecule has 0 aromatic heterocycles. The molecule has 0 unspecified atom stereocenters. The van der Waals surface area contributed by atoms with Crippen LogP contribution in [0.4, 0.5) is 0 Å². The zero-order valence-electron chi connectivity index (χ0n) is 6.36. The topological polar surface area (TPSA) is 12.5 Å². The fourth-order valence-electron chi connectivity index (χ4n) is 2.30. The van der Waals surface area contributed by atoms with Crippen LogP contribution in [-0.4, -0.2) is 12.2 Å². The molecule has 1 saturated heterocycles. The lowest BCUT2D eigenvalue weighted by atomic mass is 9.80. The smallest absolute Gasteiger partial charge is 0.0917 e. The molecule has 3 rings (SSSR count). The van der Waals surface area contributed by atoms with E-state index in [0.29, 0.717) is 5.60 Å². The molecular formula is C9H14O. The van der Waals surface area contributed by atoms with Gasteiger partial charge in [0.1, 0.15) is 0 Å². The largest absolute Gasteiger partial charge is 0.370 e. The van der Waals surface area contributed by atoms with Crippen LogP contribution in [0.3, 0.4) is 0 Å². The van der Waals surface area contributed by atoms with E-state index < -0.39 is 0 Å². The zero-order valence-corrected chi connectivity index (χ0v) is 6.36. The highest BCUT2D eigenvalue weighted by molar-refractivity contribution is 5.05. The van der Waals surface area contributed by atoms with Gasteiger partial charge in [0.15, 0.2) is 0 Å². The summed E-state index contributed by atoms with van der Waals surface area (Å²) in [6.45, 7) is 1.07. The van der Waals surface area contributed by atoms with Crippen molar-refractivity contribution in [1.82, 2.24) is 0 Å². The molecule has 1 heteroatoms. The van der Waals surface area contributed by atoms with Crippen molar-refractivity contribution >= 4 is 0 Å². The molecule has 1 nitrogen and oxygen atoms in total. The summed E-state index contributed by atoms with van der Waals surface area (Å²) in [5.41, 5.74) is 1.27. The van der Waals surface area contributed by atoms with Crippen LogP contribution in [0.15, 0.2) is 0 Å². The van der Waals surface area contributed by atoms with E-state index in [2.05, 4.69) is 0 Å². The average molecular weight is 138 g/mol. The minimum atomic E-state index is 0.424. The van der Waals surface area contributed by atoms with Crippen molar-refractivity contribution in [3.05, 3.63) is 0 Å². The third-order valence-electron chi connectivity index (χ3n) is 3.73. The van der Waals surface area contributed by atoms with Crippen LogP contribution in [0.5, 0.6) is 0 Å². The molecule has 0 N–H and O–H groups in total. The molecule has 0 bridgehead atoms. The van der Waals surface area contributed by atoms with E-state index in [1.165, 1.54) is 38.5 Å². The summed E-state index contributed by atoms with van der Waals surface area (Å²) in [5.74, 6) is 0. The Bertz CT molecular complexity index is 134. The number of ether oxygens (including phenoxy) is 1. The summed E-state index contributed by atoms with van der Waals surface area (Å²) in [7, 11) is 0. The van der Waals surface area contributed by atoms with Gasteiger partial charge in [0.25, 0.3) is 0 Å². The third-order valence-corrected chi connectivity index (χ3v) is 3.73. The Morgan fingerprint density at radius 2 is 1.30 bits per heavy atom. The fourth-order valence-corrected chi connectivity index (χ4v) is 2.30. The first-order chi connectivity index (χ1) is 4.83. The highest BCUT2D eigenvalue weighted by Crippen LogP contribution is 2.60. The monoisotopic (exact) mass is 138 g/mol. The molecule has 0 aromatic rings. The van der Waals surface area contributed by atoms with E-state index in [-0.39, 0.29) is 0 Å². The van der Waals surface area contributed by atoms with Crippen molar-refractivity contribution in [2.75, 3.05) is 6.61 Å². The number of rotatable bonds is 0. The fraction of sp³-hybridized carbons (Fsp3) is 1.00. The van der Waals surface area contributed by atoms with Crippen molar-refractivity contribution in [2.45, 2.75) is 44.1 Å². The number of epoxide rings is 1. The minimum absolute atomic E-state index is 0.424. The molecule has 0 aromatic carbocycles. The summed E-state index contributed by atoms with van der Waals surface area (Å²) in [6.07, 6.45) is 8.70. The molecule has 10 heavy (non-hydrogen) atoms. The summed E-state index contributed by atoms with van der Waals surface area (Å²) in [5, 5.41) is 0. The lowest BCUT2D eigenvalue weighted by Crippen LogP contribution is -2.21. The Morgan fingerprint density at radius 1 is 0.800 bits per heavy atom. The van der Waals surface area contributed by atoms with Gasteiger partial charge >= 0.3 is 0 Å². The van der Waals surface area contributed by atoms with Crippen molar-refractivity contribution in [1.29, 1.82) is 0 Å². The van der Waals surface area contributed by atoms with Gasteiger partial charge in [-0.25, -0.2) is 0 Å². The van der Waals surface area contributed by atoms with E-state index in [0.717, 1.165) is 12.0 Å². The first-order valence-electron chi connectivity index (χ1n) is 4.47. The number of hydrogen-bond donors (Lipinski definition) is 0. The van der Waals surface area contributed by atoms with E-state index >= 15 is 0 Å². The predicted molar refractivity (Wildman–Crippen MR) is 38.8 cm³/mol. The van der Waals surface area contributed by atoms with Gasteiger partial charge in [-0.05, 0) is 43.9 Å². The highest BCUT2D eigenvalue weighted by Gasteiger charge is 2.54. The second kappa shape index (κ2) is 1.42. The molecule has 1 aliphatic heterocycles. The Kier molecular flexibility index (Phi) is 0.797. The molecular weight excluding hydrogens is 124 g/mol. The van der Waals surface area contributed by atoms with Crippen LogP contribution in [0, 0.1) is 5.41 Å². The van der Waals surface area contributed by atoms with Crippen LogP contribution < -0.4 is 0 Å². The van der Waals surface area contributed by atoms with Crippen LogP contribution in [0.2, 0.25) is 0 Å². The summed E-state index contributed by atoms with van der Waals surface area (Å²) < 4.78 is 5.46. The maximum Gasteiger partial charge on any atom is 0.0917 e. The van der Waals surface area contributed by atoms with Crippen LogP contribution in [0.1, 0.15) is 38.5 Å². The zero-order chi connectivity index (χ0) is 6.66. The Morgan fingerprint density at radius 3 is 1.70 bits per heavy atom. The SMILES string of the molecule is C1CC12CCC1(CC2)CO1. The summed E-state index contributed by atoms with van der Waals surface area (Å²) in [6, 6.07) is 0.